The summed E-state index contributed by atoms with van der Waals surface area (Å²) in [5.41, 5.74) is 22.9. The van der Waals surface area contributed by atoms with Crippen LogP contribution < -0.4 is 60.2 Å². The third-order valence-corrected chi connectivity index (χ3v) is 15.9. The number of nitrogens with zero attached hydrogens (tertiary/aromatic N) is 2. The molecule has 0 radical (unpaired) electrons. The quantitative estimate of drug-likeness (QED) is 0.0393. The van der Waals surface area contributed by atoms with E-state index in [4.69, 9.17) is 22.9 Å². The normalized spacial score (nSPS) is 24.1. The van der Waals surface area contributed by atoms with Crippen LogP contribution in [0.15, 0.2) is 65.7 Å². The molecule has 3 aliphatic rings. The maximum Gasteiger partial charge on any atom is 0.247 e. The van der Waals surface area contributed by atoms with Crippen molar-refractivity contribution in [1.29, 1.82) is 0 Å². The van der Waals surface area contributed by atoms with Gasteiger partial charge in [-0.3, -0.25) is 52.9 Å². The van der Waals surface area contributed by atoms with E-state index in [2.05, 4.69) is 42.2 Å². The van der Waals surface area contributed by atoms with Crippen LogP contribution in [0, 0.1) is 11.8 Å². The number of nitrogens with one attached hydrogen (secondary N) is 7. The van der Waals surface area contributed by atoms with E-state index in [0.717, 1.165) is 40.9 Å². The van der Waals surface area contributed by atoms with Gasteiger partial charge < -0.3 is 65.1 Å². The Morgan fingerprint density at radius 3 is 2.03 bits per heavy atom. The van der Waals surface area contributed by atoms with Crippen LogP contribution in [0.1, 0.15) is 95.2 Å². The van der Waals surface area contributed by atoms with E-state index >= 15 is 0 Å². The number of amides is 10. The van der Waals surface area contributed by atoms with Crippen LogP contribution in [0.3, 0.4) is 0 Å². The van der Waals surface area contributed by atoms with Crippen LogP contribution >= 0.6 is 21.6 Å². The molecular formula is C50H71N13O10S2. The Labute approximate surface area is 443 Å². The molecule has 75 heavy (non-hydrogen) atoms. The van der Waals surface area contributed by atoms with Crippen LogP contribution in [0.5, 0.6) is 0 Å². The molecule has 0 aromatic heterocycles. The van der Waals surface area contributed by atoms with Crippen LogP contribution in [-0.2, 0) is 54.4 Å². The summed E-state index contributed by atoms with van der Waals surface area (Å²) < 4.78 is 0. The van der Waals surface area contributed by atoms with E-state index in [1.54, 1.807) is 74.5 Å². The van der Waals surface area contributed by atoms with E-state index in [1.165, 1.54) is 4.90 Å². The van der Waals surface area contributed by atoms with Gasteiger partial charge in [-0.1, -0.05) is 115 Å². The van der Waals surface area contributed by atoms with E-state index < -0.39 is 125 Å². The predicted octanol–water partition coefficient (Wildman–Crippen LogP) is -0.968. The molecule has 1 aliphatic carbocycles. The Hall–Kier alpha value is -6.89. The average molecular weight is 1080 g/mol. The van der Waals surface area contributed by atoms with Crippen molar-refractivity contribution in [2.45, 2.75) is 132 Å². The monoisotopic (exact) mass is 1080 g/mol. The molecular weight excluding hydrogens is 1010 g/mol. The Kier molecular flexibility index (Phi) is 23.0. The van der Waals surface area contributed by atoms with E-state index in [9.17, 15) is 47.9 Å². The van der Waals surface area contributed by atoms with Gasteiger partial charge in [-0.05, 0) is 61.5 Å². The molecule has 1 saturated carbocycles. The first-order chi connectivity index (χ1) is 35.8. The van der Waals surface area contributed by atoms with Crippen LogP contribution in [0.25, 0.3) is 0 Å². The average Bonchev–Trinajstić information content (AvgIpc) is 3.88. The van der Waals surface area contributed by atoms with Gasteiger partial charge in [-0.2, -0.15) is 0 Å². The third-order valence-electron chi connectivity index (χ3n) is 13.1. The number of benzene rings is 2. The minimum atomic E-state index is -1.66. The fraction of sp³-hybridized carbons (Fsp3) is 0.540. The van der Waals surface area contributed by atoms with Gasteiger partial charge in [0.15, 0.2) is 5.96 Å². The maximum atomic E-state index is 14.9. The lowest BCUT2D eigenvalue weighted by atomic mass is 9.86. The Morgan fingerprint density at radius 2 is 1.39 bits per heavy atom. The lowest BCUT2D eigenvalue weighted by Crippen LogP contribution is -2.61. The largest absolute Gasteiger partial charge is 0.370 e. The van der Waals surface area contributed by atoms with Crippen molar-refractivity contribution in [3.8, 4) is 0 Å². The second-order valence-corrected chi connectivity index (χ2v) is 21.8. The summed E-state index contributed by atoms with van der Waals surface area (Å²) in [5.74, 6) is -8.85. The Bertz CT molecular complexity index is 2370. The van der Waals surface area contributed by atoms with Crippen molar-refractivity contribution in [3.05, 3.63) is 71.8 Å². The molecule has 2 aromatic rings. The number of rotatable bonds is 17. The number of carbonyl (C=O) groups is 10. The zero-order chi connectivity index (χ0) is 54.6. The first kappa shape index (κ1) is 59.0. The molecule has 1 unspecified atom stereocenters. The molecule has 2 aliphatic heterocycles. The van der Waals surface area contributed by atoms with Gasteiger partial charge >= 0.3 is 0 Å². The number of carbonyl (C=O) groups excluding carboxylic acids is 10. The van der Waals surface area contributed by atoms with E-state index in [0.29, 0.717) is 30.4 Å². The minimum Gasteiger partial charge on any atom is -0.370 e. The maximum absolute atomic E-state index is 14.9. The van der Waals surface area contributed by atoms with Crippen molar-refractivity contribution in [2.24, 2.45) is 39.8 Å². The van der Waals surface area contributed by atoms with Gasteiger partial charge in [0.2, 0.25) is 59.1 Å². The van der Waals surface area contributed by atoms with Crippen molar-refractivity contribution in [1.82, 2.24) is 42.1 Å². The van der Waals surface area contributed by atoms with Gasteiger partial charge in [0.05, 0.1) is 18.2 Å². The highest BCUT2D eigenvalue weighted by Crippen LogP contribution is 2.39. The lowest BCUT2D eigenvalue weighted by molar-refractivity contribution is -0.142. The summed E-state index contributed by atoms with van der Waals surface area (Å²) in [6.45, 7) is 2.96. The molecule has 0 spiro atoms. The topological polar surface area (TPSA) is 375 Å². The molecule has 15 N–H and O–H groups in total. The predicted molar refractivity (Wildman–Crippen MR) is 283 cm³/mol. The molecule has 408 valence electrons. The minimum absolute atomic E-state index is 0.00722. The Morgan fingerprint density at radius 1 is 0.733 bits per heavy atom. The van der Waals surface area contributed by atoms with Crippen molar-refractivity contribution in [2.75, 3.05) is 25.4 Å². The van der Waals surface area contributed by atoms with Crippen LogP contribution in [0.4, 0.5) is 0 Å². The zero-order valence-electron chi connectivity index (χ0n) is 42.3. The molecule has 5 rings (SSSR count). The van der Waals surface area contributed by atoms with Gasteiger partial charge in [0.1, 0.15) is 42.3 Å². The molecule has 8 atom stereocenters. The standard InChI is InChI=1S/C50H71N13O10S2/c1-28(2)39-46(70)59-34(25-37(51)64)43(67)60-35(49(73)63-23-13-21-36(63)45(69)57-32(20-12-22-55-50(53)54)42(66)56-26-38(52)65)27-74-75-41(31-18-10-5-11-19-31)48(72)62-40(30-16-8-4-9-17-30)47(71)58-33(44(68)61-39)24-29-14-6-3-7-15-29/h3-4,6-9,14-17,28,31-36,39-41H,5,10-13,18-27H2,1-2H3,(H2,51,64)(H2,52,65)(H,56,66)(H,57,69)(H,58,71)(H,59,70)(H,60,67)(H,61,68)(H,62,72)(H4,53,54,55)/t32-,33-,34-,35-,36-,39-,40+,41?/m0/s1. The van der Waals surface area contributed by atoms with Crippen LogP contribution in [-0.4, -0.2) is 137 Å². The fourth-order valence-corrected chi connectivity index (χ4v) is 12.2. The molecule has 10 amide bonds. The van der Waals surface area contributed by atoms with Crippen molar-refractivity contribution in [3.63, 3.8) is 0 Å². The van der Waals surface area contributed by atoms with Gasteiger partial charge in [-0.15, -0.1) is 0 Å². The lowest BCUT2D eigenvalue weighted by Gasteiger charge is -2.32. The molecule has 0 bridgehead atoms. The van der Waals surface area contributed by atoms with Gasteiger partial charge in [0, 0.05) is 25.3 Å². The highest BCUT2D eigenvalue weighted by molar-refractivity contribution is 8.77. The van der Waals surface area contributed by atoms with E-state index in [1.807, 2.05) is 0 Å². The summed E-state index contributed by atoms with van der Waals surface area (Å²) >= 11 is 0. The highest BCUT2D eigenvalue weighted by Gasteiger charge is 2.42. The summed E-state index contributed by atoms with van der Waals surface area (Å²) in [4.78, 5) is 144. The zero-order valence-corrected chi connectivity index (χ0v) is 43.9. The second kappa shape index (κ2) is 29.3. The SMILES string of the molecule is CC(C)[C@@H]1NC(=O)[C@H](Cc2ccccc2)NC(=O)[C@@H](c2ccccc2)NC(=O)C(C2CCCCC2)SSC[C@@H](C(=O)N2CCC[C@H]2C(=O)N[C@@H](CCCN=C(N)N)C(=O)NCC(N)=O)NC(=O)[C@H](CC(N)=O)NC1=O. The summed E-state index contributed by atoms with van der Waals surface area (Å²) in [5, 5.41) is 18.1. The first-order valence-electron chi connectivity index (χ1n) is 25.2. The number of hydrogen-bond acceptors (Lipinski definition) is 13. The summed E-state index contributed by atoms with van der Waals surface area (Å²) in [6.07, 6.45) is 4.12. The molecule has 3 fully saturated rings. The van der Waals surface area contributed by atoms with Crippen LogP contribution in [0.2, 0.25) is 0 Å². The summed E-state index contributed by atoms with van der Waals surface area (Å²) in [7, 11) is 2.27. The van der Waals surface area contributed by atoms with E-state index in [-0.39, 0.29) is 56.4 Å². The number of guanidine groups is 1. The number of nitrogens with two attached hydrogens (primary N) is 4. The van der Waals surface area contributed by atoms with Gasteiger partial charge in [0.25, 0.3) is 0 Å². The molecule has 2 aromatic carbocycles. The molecule has 2 saturated heterocycles. The molecule has 25 heteroatoms. The molecule has 23 nitrogen and oxygen atoms in total. The third kappa shape index (κ3) is 18.2. The van der Waals surface area contributed by atoms with Gasteiger partial charge in [-0.25, -0.2) is 0 Å². The fourth-order valence-electron chi connectivity index (χ4n) is 9.19. The number of hydrogen-bond donors (Lipinski definition) is 11. The number of primary amides is 2. The summed E-state index contributed by atoms with van der Waals surface area (Å²) in [6, 6.07) is 8.14. The first-order valence-corrected chi connectivity index (χ1v) is 27.6. The second-order valence-electron chi connectivity index (χ2n) is 19.2. The number of aliphatic imine (C=N–C) groups is 1. The van der Waals surface area contributed by atoms with Crippen molar-refractivity contribution < 1.29 is 47.9 Å². The highest BCUT2D eigenvalue weighted by atomic mass is 33.1. The molecule has 2 heterocycles. The smallest absolute Gasteiger partial charge is 0.247 e. The number of likely N-dealkylation sites (tertiary alicyclic amines) is 1. The van der Waals surface area contributed by atoms with Crippen molar-refractivity contribution >= 4 is 86.6 Å². The Balaban J connectivity index is 1.53.